The lowest BCUT2D eigenvalue weighted by molar-refractivity contribution is -0.115. The Hall–Kier alpha value is -2.29. The Kier molecular flexibility index (Phi) is 4.32. The van der Waals surface area contributed by atoms with Crippen molar-refractivity contribution in [2.24, 2.45) is 7.05 Å². The summed E-state index contributed by atoms with van der Waals surface area (Å²) in [6, 6.07) is 0. The van der Waals surface area contributed by atoms with E-state index >= 15 is 0 Å². The van der Waals surface area contributed by atoms with E-state index in [-0.39, 0.29) is 18.4 Å². The van der Waals surface area contributed by atoms with Gasteiger partial charge in [0.25, 0.3) is 5.91 Å². The molecule has 21 heavy (non-hydrogen) atoms. The molecule has 0 atom stereocenters. The number of nitrogens with zero attached hydrogens (tertiary/aromatic N) is 4. The molecule has 0 aliphatic rings. The molecule has 0 saturated heterocycles. The predicted octanol–water partition coefficient (Wildman–Crippen LogP) is 0.565. The van der Waals surface area contributed by atoms with Gasteiger partial charge in [-0.25, -0.2) is 0 Å². The maximum absolute atomic E-state index is 11.9. The van der Waals surface area contributed by atoms with E-state index in [1.54, 1.807) is 18.7 Å². The van der Waals surface area contributed by atoms with Gasteiger partial charge in [-0.3, -0.25) is 14.3 Å². The number of nitrogens with one attached hydrogen (secondary N) is 2. The van der Waals surface area contributed by atoms with Gasteiger partial charge in [-0.15, -0.1) is 5.10 Å². The molecule has 0 aliphatic carbocycles. The topological polar surface area (TPSA) is 102 Å². The molecular weight excluding hydrogens is 292 g/mol. The first-order chi connectivity index (χ1) is 9.90. The molecule has 0 bridgehead atoms. The summed E-state index contributed by atoms with van der Waals surface area (Å²) >= 11 is 1.00. The predicted molar refractivity (Wildman–Crippen MR) is 78.3 cm³/mol. The highest BCUT2D eigenvalue weighted by Gasteiger charge is 2.16. The maximum atomic E-state index is 11.9. The number of hydrogen-bond donors (Lipinski definition) is 2. The molecule has 2 aromatic heterocycles. The van der Waals surface area contributed by atoms with E-state index in [0.717, 1.165) is 22.9 Å². The van der Waals surface area contributed by atoms with E-state index in [2.05, 4.69) is 25.3 Å². The standard InChI is InChI=1S/C12H16N6O2S/c1-6-10(8(3)18(4)16-6)14-9(19)5-13-12(20)11-7(2)15-17-21-11/h5H2,1-4H3,(H,13,20)(H,14,19). The van der Waals surface area contributed by atoms with Gasteiger partial charge in [0.15, 0.2) is 0 Å². The Morgan fingerprint density at radius 2 is 1.95 bits per heavy atom. The third-order valence-corrected chi connectivity index (χ3v) is 3.87. The van der Waals surface area contributed by atoms with Crippen molar-refractivity contribution >= 4 is 29.0 Å². The molecule has 2 N–H and O–H groups in total. The van der Waals surface area contributed by atoms with Crippen molar-refractivity contribution < 1.29 is 9.59 Å². The van der Waals surface area contributed by atoms with E-state index in [0.29, 0.717) is 16.3 Å². The fourth-order valence-electron chi connectivity index (χ4n) is 1.82. The van der Waals surface area contributed by atoms with E-state index in [1.807, 2.05) is 13.8 Å². The first-order valence-electron chi connectivity index (χ1n) is 6.27. The molecule has 0 fully saturated rings. The van der Waals surface area contributed by atoms with Crippen molar-refractivity contribution in [1.29, 1.82) is 0 Å². The average Bonchev–Trinajstić information content (AvgIpc) is 2.95. The van der Waals surface area contributed by atoms with Crippen LogP contribution in [0.15, 0.2) is 0 Å². The zero-order valence-electron chi connectivity index (χ0n) is 12.2. The zero-order chi connectivity index (χ0) is 15.6. The minimum absolute atomic E-state index is 0.121. The fraction of sp³-hybridized carbons (Fsp3) is 0.417. The second kappa shape index (κ2) is 6.00. The Bertz CT molecular complexity index is 690. The minimum atomic E-state index is -0.350. The van der Waals surface area contributed by atoms with Crippen LogP contribution in [-0.4, -0.2) is 37.7 Å². The second-order valence-corrected chi connectivity index (χ2v) is 5.34. The second-order valence-electron chi connectivity index (χ2n) is 4.59. The summed E-state index contributed by atoms with van der Waals surface area (Å²) in [6.07, 6.45) is 0. The normalized spacial score (nSPS) is 10.5. The van der Waals surface area contributed by atoms with E-state index in [1.165, 1.54) is 0 Å². The number of rotatable bonds is 4. The number of aromatic nitrogens is 4. The Balaban J connectivity index is 1.94. The quantitative estimate of drug-likeness (QED) is 0.859. The highest BCUT2D eigenvalue weighted by Crippen LogP contribution is 2.17. The van der Waals surface area contributed by atoms with Gasteiger partial charge in [0, 0.05) is 7.05 Å². The summed E-state index contributed by atoms with van der Waals surface area (Å²) < 4.78 is 5.37. The van der Waals surface area contributed by atoms with E-state index < -0.39 is 0 Å². The lowest BCUT2D eigenvalue weighted by atomic mass is 10.3. The van der Waals surface area contributed by atoms with Crippen LogP contribution in [-0.2, 0) is 11.8 Å². The van der Waals surface area contributed by atoms with Gasteiger partial charge in [0.05, 0.1) is 29.3 Å². The minimum Gasteiger partial charge on any atom is -0.342 e. The summed E-state index contributed by atoms with van der Waals surface area (Å²) in [5, 5.41) is 13.3. The molecule has 0 spiro atoms. The summed E-state index contributed by atoms with van der Waals surface area (Å²) in [5.41, 5.74) is 2.82. The van der Waals surface area contributed by atoms with Crippen LogP contribution in [0.25, 0.3) is 0 Å². The van der Waals surface area contributed by atoms with Crippen molar-refractivity contribution in [1.82, 2.24) is 24.7 Å². The van der Waals surface area contributed by atoms with E-state index in [9.17, 15) is 9.59 Å². The van der Waals surface area contributed by atoms with Crippen LogP contribution in [0.2, 0.25) is 0 Å². The summed E-state index contributed by atoms with van der Waals surface area (Å²) in [5.74, 6) is -0.657. The molecule has 0 radical (unpaired) electrons. The summed E-state index contributed by atoms with van der Waals surface area (Å²) in [7, 11) is 1.80. The summed E-state index contributed by atoms with van der Waals surface area (Å²) in [4.78, 5) is 24.2. The average molecular weight is 308 g/mol. The first kappa shape index (κ1) is 15.1. The van der Waals surface area contributed by atoms with Crippen LogP contribution in [0.4, 0.5) is 5.69 Å². The lowest BCUT2D eigenvalue weighted by Crippen LogP contribution is -2.33. The van der Waals surface area contributed by atoms with Gasteiger partial charge >= 0.3 is 0 Å². The number of amides is 2. The monoisotopic (exact) mass is 308 g/mol. The van der Waals surface area contributed by atoms with Crippen LogP contribution in [0.5, 0.6) is 0 Å². The molecule has 0 aliphatic heterocycles. The maximum Gasteiger partial charge on any atom is 0.265 e. The lowest BCUT2D eigenvalue weighted by Gasteiger charge is -2.06. The molecule has 2 heterocycles. The highest BCUT2D eigenvalue weighted by molar-refractivity contribution is 7.08. The smallest absolute Gasteiger partial charge is 0.265 e. The molecular formula is C12H16N6O2S. The third-order valence-electron chi connectivity index (χ3n) is 3.04. The molecule has 2 amide bonds. The van der Waals surface area contributed by atoms with Crippen molar-refractivity contribution in [2.75, 3.05) is 11.9 Å². The Morgan fingerprint density at radius 3 is 2.48 bits per heavy atom. The van der Waals surface area contributed by atoms with Crippen LogP contribution in [0.1, 0.15) is 26.8 Å². The number of anilines is 1. The summed E-state index contributed by atoms with van der Waals surface area (Å²) in [6.45, 7) is 5.25. The fourth-order valence-corrected chi connectivity index (χ4v) is 2.39. The van der Waals surface area contributed by atoms with Gasteiger partial charge in [-0.1, -0.05) is 4.49 Å². The largest absolute Gasteiger partial charge is 0.342 e. The molecule has 0 saturated carbocycles. The molecule has 9 heteroatoms. The van der Waals surface area contributed by atoms with Gasteiger partial charge in [-0.05, 0) is 32.3 Å². The first-order valence-corrected chi connectivity index (χ1v) is 7.04. The Labute approximate surface area is 125 Å². The number of carbonyl (C=O) groups excluding carboxylic acids is 2. The van der Waals surface area contributed by atoms with Crippen molar-refractivity contribution in [2.45, 2.75) is 20.8 Å². The molecule has 0 aromatic carbocycles. The molecule has 112 valence electrons. The van der Waals surface area contributed by atoms with Crippen molar-refractivity contribution in [3.63, 3.8) is 0 Å². The molecule has 2 aromatic rings. The number of carbonyl (C=O) groups is 2. The van der Waals surface area contributed by atoms with Gasteiger partial charge in [-0.2, -0.15) is 5.10 Å². The van der Waals surface area contributed by atoms with Crippen LogP contribution in [0.3, 0.4) is 0 Å². The van der Waals surface area contributed by atoms with Crippen LogP contribution >= 0.6 is 11.5 Å². The number of hydrogen-bond acceptors (Lipinski definition) is 6. The van der Waals surface area contributed by atoms with Crippen LogP contribution < -0.4 is 10.6 Å². The molecule has 0 unspecified atom stereocenters. The van der Waals surface area contributed by atoms with Crippen LogP contribution in [0, 0.1) is 20.8 Å². The SMILES string of the molecule is Cc1nnsc1C(=O)NCC(=O)Nc1c(C)nn(C)c1C. The zero-order valence-corrected chi connectivity index (χ0v) is 13.0. The Morgan fingerprint density at radius 1 is 1.24 bits per heavy atom. The number of aryl methyl sites for hydroxylation is 3. The van der Waals surface area contributed by atoms with Crippen molar-refractivity contribution in [3.8, 4) is 0 Å². The van der Waals surface area contributed by atoms with Gasteiger partial charge in [0.2, 0.25) is 5.91 Å². The van der Waals surface area contributed by atoms with Gasteiger partial charge in [0.1, 0.15) is 4.88 Å². The van der Waals surface area contributed by atoms with Gasteiger partial charge < -0.3 is 10.6 Å². The van der Waals surface area contributed by atoms with Crippen molar-refractivity contribution in [3.05, 3.63) is 22.0 Å². The molecule has 2 rings (SSSR count). The van der Waals surface area contributed by atoms with E-state index in [4.69, 9.17) is 0 Å². The molecule has 8 nitrogen and oxygen atoms in total. The highest BCUT2D eigenvalue weighted by atomic mass is 32.1. The third kappa shape index (κ3) is 3.24.